The second-order valence-corrected chi connectivity index (χ2v) is 4.48. The van der Waals surface area contributed by atoms with Gasteiger partial charge in [0, 0.05) is 13.1 Å². The first kappa shape index (κ1) is 10.2. The van der Waals surface area contributed by atoms with Crippen molar-refractivity contribution < 1.29 is 4.79 Å². The van der Waals surface area contributed by atoms with Crippen molar-refractivity contribution in [1.82, 2.24) is 14.9 Å². The van der Waals surface area contributed by atoms with E-state index in [9.17, 15) is 4.79 Å². The van der Waals surface area contributed by atoms with E-state index in [4.69, 9.17) is 0 Å². The van der Waals surface area contributed by atoms with Crippen molar-refractivity contribution in [2.24, 2.45) is 13.0 Å². The molecule has 4 heteroatoms. The average Bonchev–Trinajstić information content (AvgIpc) is 2.75. The van der Waals surface area contributed by atoms with Crippen LogP contribution in [0.15, 0.2) is 12.5 Å². The maximum Gasteiger partial charge on any atom is 0.269 e. The molecule has 15 heavy (non-hydrogen) atoms. The summed E-state index contributed by atoms with van der Waals surface area (Å²) in [5.41, 5.74) is 0.634. The molecule has 0 aromatic carbocycles. The van der Waals surface area contributed by atoms with Crippen LogP contribution in [0, 0.1) is 5.92 Å². The van der Waals surface area contributed by atoms with Crippen LogP contribution in [0.25, 0.3) is 0 Å². The van der Waals surface area contributed by atoms with Crippen molar-refractivity contribution in [3.8, 4) is 0 Å². The maximum absolute atomic E-state index is 11.8. The highest BCUT2D eigenvalue weighted by Gasteiger charge is 2.23. The van der Waals surface area contributed by atoms with Crippen LogP contribution in [-0.2, 0) is 7.05 Å². The first-order valence-electron chi connectivity index (χ1n) is 5.44. The van der Waals surface area contributed by atoms with E-state index in [0.29, 0.717) is 11.7 Å². The molecule has 1 N–H and O–H groups in total. The molecule has 1 aliphatic rings. The topological polar surface area (TPSA) is 46.9 Å². The average molecular weight is 207 g/mol. The van der Waals surface area contributed by atoms with Crippen LogP contribution in [0.3, 0.4) is 0 Å². The number of nitrogens with zero attached hydrogens (tertiary/aromatic N) is 2. The molecule has 1 aliphatic carbocycles. The number of aryl methyl sites for hydroxylation is 1. The summed E-state index contributed by atoms with van der Waals surface area (Å²) in [6, 6.07) is 0.349. The molecule has 0 aliphatic heterocycles. The van der Waals surface area contributed by atoms with Gasteiger partial charge in [0.2, 0.25) is 0 Å². The van der Waals surface area contributed by atoms with Crippen molar-refractivity contribution in [2.75, 3.05) is 0 Å². The van der Waals surface area contributed by atoms with Crippen molar-refractivity contribution in [3.05, 3.63) is 18.2 Å². The molecular weight excluding hydrogens is 190 g/mol. The standard InChI is InChI=1S/C11H17N3O/c1-8-3-4-9(5-8)13-11(15)10-6-12-7-14(10)2/h6-9H,3-5H2,1-2H3,(H,13,15). The Kier molecular flexibility index (Phi) is 2.75. The third-order valence-electron chi connectivity index (χ3n) is 3.08. The van der Waals surface area contributed by atoms with E-state index in [1.54, 1.807) is 17.1 Å². The minimum atomic E-state index is -0.00546. The fourth-order valence-electron chi connectivity index (χ4n) is 2.17. The molecule has 1 fully saturated rings. The van der Waals surface area contributed by atoms with E-state index < -0.39 is 0 Å². The molecule has 2 unspecified atom stereocenters. The summed E-state index contributed by atoms with van der Waals surface area (Å²) < 4.78 is 1.74. The zero-order valence-electron chi connectivity index (χ0n) is 9.23. The van der Waals surface area contributed by atoms with Crippen LogP contribution in [0.5, 0.6) is 0 Å². The van der Waals surface area contributed by atoms with Crippen molar-refractivity contribution >= 4 is 5.91 Å². The van der Waals surface area contributed by atoms with Gasteiger partial charge >= 0.3 is 0 Å². The largest absolute Gasteiger partial charge is 0.348 e. The van der Waals surface area contributed by atoms with Gasteiger partial charge < -0.3 is 9.88 Å². The molecule has 0 saturated heterocycles. The number of aromatic nitrogens is 2. The lowest BCUT2D eigenvalue weighted by Crippen LogP contribution is -2.33. The summed E-state index contributed by atoms with van der Waals surface area (Å²) in [5.74, 6) is 0.732. The molecule has 0 bridgehead atoms. The van der Waals surface area contributed by atoms with Crippen LogP contribution in [0.2, 0.25) is 0 Å². The lowest BCUT2D eigenvalue weighted by molar-refractivity contribution is 0.0929. The van der Waals surface area contributed by atoms with E-state index in [2.05, 4.69) is 17.2 Å². The molecule has 0 radical (unpaired) electrons. The van der Waals surface area contributed by atoms with Gasteiger partial charge in [-0.05, 0) is 25.2 Å². The van der Waals surface area contributed by atoms with Crippen LogP contribution in [0.1, 0.15) is 36.7 Å². The Bertz CT molecular complexity index is 358. The monoisotopic (exact) mass is 207 g/mol. The van der Waals surface area contributed by atoms with Gasteiger partial charge in [0.05, 0.1) is 12.5 Å². The molecule has 2 rings (SSSR count). The summed E-state index contributed by atoms with van der Waals surface area (Å²) in [6.45, 7) is 2.23. The van der Waals surface area contributed by atoms with E-state index in [1.165, 1.54) is 6.42 Å². The Morgan fingerprint density at radius 2 is 2.40 bits per heavy atom. The quantitative estimate of drug-likeness (QED) is 0.795. The number of nitrogens with one attached hydrogen (secondary N) is 1. The Balaban J connectivity index is 1.96. The first-order chi connectivity index (χ1) is 7.16. The highest BCUT2D eigenvalue weighted by molar-refractivity contribution is 5.92. The van der Waals surface area contributed by atoms with E-state index in [-0.39, 0.29) is 5.91 Å². The second kappa shape index (κ2) is 4.04. The van der Waals surface area contributed by atoms with Gasteiger partial charge in [-0.3, -0.25) is 4.79 Å². The normalized spacial score (nSPS) is 25.5. The fraction of sp³-hybridized carbons (Fsp3) is 0.636. The SMILES string of the molecule is CC1CCC(NC(=O)c2cncn2C)C1. The minimum absolute atomic E-state index is 0.00546. The van der Waals surface area contributed by atoms with Crippen molar-refractivity contribution in [2.45, 2.75) is 32.2 Å². The molecule has 82 valence electrons. The van der Waals surface area contributed by atoms with E-state index >= 15 is 0 Å². The molecule has 1 saturated carbocycles. The molecule has 4 nitrogen and oxygen atoms in total. The Morgan fingerprint density at radius 1 is 1.60 bits per heavy atom. The third-order valence-corrected chi connectivity index (χ3v) is 3.08. The third kappa shape index (κ3) is 2.19. The van der Waals surface area contributed by atoms with Gasteiger partial charge in [-0.25, -0.2) is 4.98 Å². The van der Waals surface area contributed by atoms with E-state index in [0.717, 1.165) is 18.8 Å². The summed E-state index contributed by atoms with van der Waals surface area (Å²) in [6.07, 6.45) is 6.67. The predicted octanol–water partition coefficient (Wildman–Crippen LogP) is 1.34. The lowest BCUT2D eigenvalue weighted by atomic mass is 10.1. The highest BCUT2D eigenvalue weighted by atomic mass is 16.2. The summed E-state index contributed by atoms with van der Waals surface area (Å²) in [5, 5.41) is 3.05. The number of carbonyl (C=O) groups excluding carboxylic acids is 1. The smallest absolute Gasteiger partial charge is 0.269 e. The molecule has 1 heterocycles. The lowest BCUT2D eigenvalue weighted by Gasteiger charge is -2.12. The Morgan fingerprint density at radius 3 is 2.93 bits per heavy atom. The van der Waals surface area contributed by atoms with Gasteiger partial charge in [-0.1, -0.05) is 6.92 Å². The number of rotatable bonds is 2. The number of hydrogen-bond donors (Lipinski definition) is 1. The number of hydrogen-bond acceptors (Lipinski definition) is 2. The Labute approximate surface area is 89.7 Å². The molecule has 1 aromatic heterocycles. The summed E-state index contributed by atoms with van der Waals surface area (Å²) >= 11 is 0. The summed E-state index contributed by atoms with van der Waals surface area (Å²) in [4.78, 5) is 15.8. The summed E-state index contributed by atoms with van der Waals surface area (Å²) in [7, 11) is 1.83. The first-order valence-corrected chi connectivity index (χ1v) is 5.44. The highest BCUT2D eigenvalue weighted by Crippen LogP contribution is 2.24. The predicted molar refractivity (Wildman–Crippen MR) is 57.5 cm³/mol. The van der Waals surface area contributed by atoms with Gasteiger partial charge in [0.1, 0.15) is 5.69 Å². The van der Waals surface area contributed by atoms with Gasteiger partial charge in [0.25, 0.3) is 5.91 Å². The molecule has 1 aromatic rings. The zero-order valence-corrected chi connectivity index (χ0v) is 9.23. The zero-order chi connectivity index (χ0) is 10.8. The molecular formula is C11H17N3O. The molecule has 2 atom stereocenters. The van der Waals surface area contributed by atoms with E-state index in [1.807, 2.05) is 7.05 Å². The Hall–Kier alpha value is -1.32. The van der Waals surface area contributed by atoms with Crippen LogP contribution < -0.4 is 5.32 Å². The minimum Gasteiger partial charge on any atom is -0.348 e. The van der Waals surface area contributed by atoms with Crippen LogP contribution in [0.4, 0.5) is 0 Å². The number of amides is 1. The van der Waals surface area contributed by atoms with Crippen LogP contribution in [-0.4, -0.2) is 21.5 Å². The number of carbonyl (C=O) groups is 1. The molecule has 0 spiro atoms. The second-order valence-electron chi connectivity index (χ2n) is 4.48. The van der Waals surface area contributed by atoms with Gasteiger partial charge in [-0.2, -0.15) is 0 Å². The van der Waals surface area contributed by atoms with Crippen molar-refractivity contribution in [1.29, 1.82) is 0 Å². The molecule has 1 amide bonds. The van der Waals surface area contributed by atoms with Crippen LogP contribution >= 0.6 is 0 Å². The maximum atomic E-state index is 11.8. The fourth-order valence-corrected chi connectivity index (χ4v) is 2.17. The van der Waals surface area contributed by atoms with Gasteiger partial charge in [0.15, 0.2) is 0 Å². The van der Waals surface area contributed by atoms with Gasteiger partial charge in [-0.15, -0.1) is 0 Å². The number of imidazole rings is 1. The van der Waals surface area contributed by atoms with Crippen molar-refractivity contribution in [3.63, 3.8) is 0 Å².